The van der Waals surface area contributed by atoms with E-state index in [-0.39, 0.29) is 16.4 Å². The predicted molar refractivity (Wildman–Crippen MR) is 198 cm³/mol. The molecule has 4 aromatic carbocycles. The standard InChI is InChI=1S/C43H49NP/c1-10-37-33-20-19-31(27-36(33)40-32-16-14-13-15-28(32)23-24-44(40)43(37,11-2)12-3)45-38-21-17-29(41(4,5)6)25-34(38)35-26-30(42(7,8)9)18-22-39(35)45/h13-27,37H,10-12H2,1-9H3/q+1. The number of hydrogen-bond donors (Lipinski definition) is 0. The third-order valence-electron chi connectivity index (χ3n) is 11.0. The summed E-state index contributed by atoms with van der Waals surface area (Å²) in [5.41, 5.74) is 7.48. The van der Waals surface area contributed by atoms with Crippen molar-refractivity contribution in [3.63, 3.8) is 0 Å². The van der Waals surface area contributed by atoms with Gasteiger partial charge in [0.2, 0.25) is 5.69 Å². The van der Waals surface area contributed by atoms with Crippen molar-refractivity contribution in [1.29, 1.82) is 0 Å². The van der Waals surface area contributed by atoms with Crippen molar-refractivity contribution in [2.45, 2.75) is 104 Å². The second-order valence-electron chi connectivity index (χ2n) is 15.5. The Bertz CT molecular complexity index is 2020. The van der Waals surface area contributed by atoms with Gasteiger partial charge in [-0.2, -0.15) is 4.57 Å². The van der Waals surface area contributed by atoms with Crippen LogP contribution in [0.3, 0.4) is 0 Å². The zero-order chi connectivity index (χ0) is 31.9. The smallest absolute Gasteiger partial charge is 0.192 e. The quantitative estimate of drug-likeness (QED) is 0.175. The maximum atomic E-state index is 2.69. The molecule has 1 nitrogen and oxygen atoms in total. The van der Waals surface area contributed by atoms with E-state index < -0.39 is 7.53 Å². The van der Waals surface area contributed by atoms with Crippen molar-refractivity contribution >= 4 is 39.3 Å². The van der Waals surface area contributed by atoms with Gasteiger partial charge in [0.1, 0.15) is 0 Å². The second-order valence-corrected chi connectivity index (χ2v) is 17.6. The highest BCUT2D eigenvalue weighted by atomic mass is 31.1. The molecule has 1 aliphatic rings. The topological polar surface area (TPSA) is 3.88 Å². The number of nitrogens with zero attached hydrogens (tertiary/aromatic N) is 1. The number of rotatable bonds is 4. The van der Waals surface area contributed by atoms with Crippen molar-refractivity contribution in [2.24, 2.45) is 0 Å². The summed E-state index contributed by atoms with van der Waals surface area (Å²) in [6.07, 6.45) is 5.78. The zero-order valence-electron chi connectivity index (χ0n) is 28.8. The summed E-state index contributed by atoms with van der Waals surface area (Å²) in [6.45, 7) is 21.2. The van der Waals surface area contributed by atoms with Crippen LogP contribution in [0, 0.1) is 0 Å². The molecule has 0 saturated carbocycles. The SMILES string of the molecule is CCC1c2ccc(-p3c4ccc(C(C)(C)C)cc4c4cc(C(C)(C)C)ccc43)cc2-c2c3ccccc3cc[n+]2C1(CC)CC. The number of hydrogen-bond acceptors (Lipinski definition) is 0. The van der Waals surface area contributed by atoms with Gasteiger partial charge in [-0.1, -0.05) is 112 Å². The van der Waals surface area contributed by atoms with Gasteiger partial charge in [-0.3, -0.25) is 0 Å². The van der Waals surface area contributed by atoms with Gasteiger partial charge in [-0.25, -0.2) is 0 Å². The molecule has 0 aliphatic carbocycles. The highest BCUT2D eigenvalue weighted by Gasteiger charge is 2.51. The maximum Gasteiger partial charge on any atom is 0.221 e. The van der Waals surface area contributed by atoms with Crippen LogP contribution in [0.1, 0.15) is 104 Å². The lowest BCUT2D eigenvalue weighted by Gasteiger charge is -2.40. The summed E-state index contributed by atoms with van der Waals surface area (Å²) in [4.78, 5) is 0. The van der Waals surface area contributed by atoms with Crippen LogP contribution in [0.5, 0.6) is 0 Å². The van der Waals surface area contributed by atoms with Crippen molar-refractivity contribution in [3.05, 3.63) is 108 Å². The Morgan fingerprint density at radius 2 is 1.27 bits per heavy atom. The minimum atomic E-state index is -0.675. The molecule has 7 rings (SSSR count). The van der Waals surface area contributed by atoms with Crippen LogP contribution in [0.15, 0.2) is 91.1 Å². The average Bonchev–Trinajstić information content (AvgIpc) is 3.36. The van der Waals surface area contributed by atoms with Crippen molar-refractivity contribution < 1.29 is 4.57 Å². The molecule has 230 valence electrons. The van der Waals surface area contributed by atoms with E-state index in [4.69, 9.17) is 0 Å². The Kier molecular flexibility index (Phi) is 7.10. The molecule has 1 atom stereocenters. The molecule has 0 N–H and O–H groups in total. The summed E-state index contributed by atoms with van der Waals surface area (Å²) in [5.74, 6) is 0.481. The first kappa shape index (κ1) is 30.3. The molecule has 0 radical (unpaired) electrons. The molecule has 0 amide bonds. The van der Waals surface area contributed by atoms with Gasteiger partial charge in [0.25, 0.3) is 0 Å². The number of fused-ring (bicyclic) bond motifs is 8. The molecule has 0 bridgehead atoms. The van der Waals surface area contributed by atoms with Crippen LogP contribution < -0.4 is 4.57 Å². The third-order valence-corrected chi connectivity index (χ3v) is 13.6. The summed E-state index contributed by atoms with van der Waals surface area (Å²) in [5, 5.41) is 10.0. The van der Waals surface area contributed by atoms with E-state index >= 15 is 0 Å². The first-order valence-electron chi connectivity index (χ1n) is 17.1. The molecule has 1 aliphatic heterocycles. The Labute approximate surface area is 271 Å². The van der Waals surface area contributed by atoms with Crippen LogP contribution in [-0.4, -0.2) is 0 Å². The van der Waals surface area contributed by atoms with E-state index in [9.17, 15) is 0 Å². The summed E-state index contributed by atoms with van der Waals surface area (Å²) >= 11 is 0. The largest absolute Gasteiger partial charge is 0.221 e. The van der Waals surface area contributed by atoms with Crippen molar-refractivity contribution in [3.8, 4) is 16.6 Å². The van der Waals surface area contributed by atoms with Gasteiger partial charge in [-0.05, 0) is 91.8 Å². The van der Waals surface area contributed by atoms with Crippen LogP contribution in [0.4, 0.5) is 0 Å². The van der Waals surface area contributed by atoms with E-state index in [2.05, 4.69) is 158 Å². The maximum absolute atomic E-state index is 2.69. The zero-order valence-corrected chi connectivity index (χ0v) is 29.6. The Balaban J connectivity index is 1.56. The van der Waals surface area contributed by atoms with Crippen molar-refractivity contribution in [1.82, 2.24) is 0 Å². The van der Waals surface area contributed by atoms with E-state index in [1.165, 1.54) is 65.0 Å². The van der Waals surface area contributed by atoms with Gasteiger partial charge in [-0.15, -0.1) is 0 Å². The summed E-state index contributed by atoms with van der Waals surface area (Å²) in [7, 11) is -0.675. The first-order valence-corrected chi connectivity index (χ1v) is 18.4. The predicted octanol–water partition coefficient (Wildman–Crippen LogP) is 12.7. The van der Waals surface area contributed by atoms with E-state index in [0.717, 1.165) is 19.3 Å². The minimum Gasteiger partial charge on any atom is -0.192 e. The molecule has 2 heteroatoms. The van der Waals surface area contributed by atoms with E-state index in [1.54, 1.807) is 0 Å². The fourth-order valence-electron chi connectivity index (χ4n) is 8.43. The minimum absolute atomic E-state index is 0.0766. The Morgan fingerprint density at radius 1 is 0.667 bits per heavy atom. The number of aromatic nitrogens is 1. The van der Waals surface area contributed by atoms with Gasteiger partial charge in [0, 0.05) is 35.1 Å². The molecule has 1 unspecified atom stereocenters. The van der Waals surface area contributed by atoms with Gasteiger partial charge in [0.05, 0.1) is 10.9 Å². The van der Waals surface area contributed by atoms with E-state index in [1.807, 2.05) is 0 Å². The van der Waals surface area contributed by atoms with Crippen LogP contribution in [-0.2, 0) is 16.4 Å². The third kappa shape index (κ3) is 4.52. The van der Waals surface area contributed by atoms with Gasteiger partial charge < -0.3 is 0 Å². The van der Waals surface area contributed by atoms with Crippen LogP contribution >= 0.6 is 7.53 Å². The molecule has 2 aromatic heterocycles. The molecule has 45 heavy (non-hydrogen) atoms. The van der Waals surface area contributed by atoms with Gasteiger partial charge in [0.15, 0.2) is 11.7 Å². The monoisotopic (exact) mass is 610 g/mol. The molecule has 0 spiro atoms. The molecular weight excluding hydrogens is 561 g/mol. The molecule has 0 saturated heterocycles. The lowest BCUT2D eigenvalue weighted by molar-refractivity contribution is -0.761. The van der Waals surface area contributed by atoms with Crippen LogP contribution in [0.25, 0.3) is 48.3 Å². The highest BCUT2D eigenvalue weighted by molar-refractivity contribution is 7.67. The summed E-state index contributed by atoms with van der Waals surface area (Å²) in [6, 6.07) is 33.7. The second kappa shape index (κ2) is 10.6. The normalized spacial score (nSPS) is 16.3. The van der Waals surface area contributed by atoms with Crippen molar-refractivity contribution in [2.75, 3.05) is 0 Å². The first-order chi connectivity index (χ1) is 21.4. The fourth-order valence-corrected chi connectivity index (χ4v) is 11.0. The lowest BCUT2D eigenvalue weighted by Crippen LogP contribution is -2.62. The molecule has 0 fully saturated rings. The highest BCUT2D eigenvalue weighted by Crippen LogP contribution is 2.58. The Hall–Kier alpha value is -3.41. The molecule has 3 heterocycles. The van der Waals surface area contributed by atoms with Gasteiger partial charge >= 0.3 is 0 Å². The summed E-state index contributed by atoms with van der Waals surface area (Å²) < 4.78 is 2.69. The van der Waals surface area contributed by atoms with E-state index in [0.29, 0.717) is 5.92 Å². The number of benzene rings is 4. The molecule has 6 aromatic rings. The Morgan fingerprint density at radius 3 is 1.82 bits per heavy atom. The number of pyridine rings is 1. The van der Waals surface area contributed by atoms with Crippen LogP contribution in [0.2, 0.25) is 0 Å². The molecular formula is C43H49NP+. The lowest BCUT2D eigenvalue weighted by atomic mass is 9.69. The fraction of sp³-hybridized carbons (Fsp3) is 0.372. The average molecular weight is 611 g/mol.